The fourth-order valence-corrected chi connectivity index (χ4v) is 1.11. The molecule has 0 unspecified atom stereocenters. The molecule has 0 spiro atoms. The zero-order valence-electron chi connectivity index (χ0n) is 5.72. The van der Waals surface area contributed by atoms with Crippen molar-refractivity contribution in [3.8, 4) is 6.07 Å². The highest BCUT2D eigenvalue weighted by molar-refractivity contribution is 4.88. The molecule has 1 N–H and O–H groups in total. The number of rotatable bonds is 0. The van der Waals surface area contributed by atoms with Gasteiger partial charge >= 0.3 is 0 Å². The Hall–Kier alpha value is -0.550. The summed E-state index contributed by atoms with van der Waals surface area (Å²) in [7, 11) is 0. The first-order valence-electron chi connectivity index (χ1n) is 3.46. The van der Waals surface area contributed by atoms with E-state index in [0.29, 0.717) is 6.04 Å². The highest BCUT2D eigenvalue weighted by Crippen LogP contribution is 2.11. The van der Waals surface area contributed by atoms with Crippen molar-refractivity contribution in [3.63, 3.8) is 0 Å². The van der Waals surface area contributed by atoms with Gasteiger partial charge in [-0.3, -0.25) is 0 Å². The molecule has 1 saturated heterocycles. The molecule has 0 radical (unpaired) electrons. The van der Waals surface area contributed by atoms with E-state index in [1.165, 1.54) is 0 Å². The Kier molecular flexibility index (Phi) is 2.07. The second kappa shape index (κ2) is 2.84. The van der Waals surface area contributed by atoms with Crippen LogP contribution >= 0.6 is 0 Å². The molecule has 0 bridgehead atoms. The van der Waals surface area contributed by atoms with E-state index in [1.54, 1.807) is 0 Å². The zero-order chi connectivity index (χ0) is 6.69. The Bertz CT molecular complexity index is 117. The smallest absolute Gasteiger partial charge is 0.0669 e. The molecule has 9 heavy (non-hydrogen) atoms. The first-order valence-corrected chi connectivity index (χ1v) is 3.46. The molecule has 1 heterocycles. The molecule has 0 aromatic heterocycles. The molecule has 2 atom stereocenters. The number of nitriles is 1. The van der Waals surface area contributed by atoms with Crippen LogP contribution in [0.4, 0.5) is 0 Å². The molecule has 1 rings (SSSR count). The highest BCUT2D eigenvalue weighted by atomic mass is 14.9. The van der Waals surface area contributed by atoms with Gasteiger partial charge in [0, 0.05) is 12.6 Å². The van der Waals surface area contributed by atoms with Gasteiger partial charge in [-0.15, -0.1) is 0 Å². The van der Waals surface area contributed by atoms with Gasteiger partial charge in [0.15, 0.2) is 0 Å². The standard InChI is InChI=1S/C7H12N2/c1-6-2-3-7(4-8)5-9-6/h6-7,9H,2-3,5H2,1H3/t6-,7+/m1/s1. The van der Waals surface area contributed by atoms with Gasteiger partial charge in [0.1, 0.15) is 0 Å². The zero-order valence-corrected chi connectivity index (χ0v) is 5.72. The second-order valence-electron chi connectivity index (χ2n) is 2.71. The van der Waals surface area contributed by atoms with Gasteiger partial charge in [-0.25, -0.2) is 0 Å². The fraction of sp³-hybridized carbons (Fsp3) is 0.857. The second-order valence-corrected chi connectivity index (χ2v) is 2.71. The van der Waals surface area contributed by atoms with E-state index in [0.717, 1.165) is 19.4 Å². The Labute approximate surface area is 55.9 Å². The van der Waals surface area contributed by atoms with Crippen LogP contribution in [0.25, 0.3) is 0 Å². The lowest BCUT2D eigenvalue weighted by Gasteiger charge is -2.22. The van der Waals surface area contributed by atoms with Crippen LogP contribution in [-0.4, -0.2) is 12.6 Å². The first kappa shape index (κ1) is 6.57. The normalized spacial score (nSPS) is 35.6. The summed E-state index contributed by atoms with van der Waals surface area (Å²) in [5.41, 5.74) is 0. The van der Waals surface area contributed by atoms with E-state index in [9.17, 15) is 0 Å². The monoisotopic (exact) mass is 124 g/mol. The molecule has 1 aliphatic rings. The van der Waals surface area contributed by atoms with Crippen LogP contribution in [0.15, 0.2) is 0 Å². The summed E-state index contributed by atoms with van der Waals surface area (Å²) in [6.07, 6.45) is 2.23. The predicted octanol–water partition coefficient (Wildman–Crippen LogP) is 0.898. The lowest BCUT2D eigenvalue weighted by atomic mass is 9.97. The van der Waals surface area contributed by atoms with Gasteiger partial charge < -0.3 is 5.32 Å². The van der Waals surface area contributed by atoms with Crippen molar-refractivity contribution in [2.45, 2.75) is 25.8 Å². The van der Waals surface area contributed by atoms with E-state index in [1.807, 2.05) is 0 Å². The van der Waals surface area contributed by atoms with Crippen molar-refractivity contribution in [3.05, 3.63) is 0 Å². The topological polar surface area (TPSA) is 35.8 Å². The number of nitrogens with zero attached hydrogens (tertiary/aromatic N) is 1. The first-order chi connectivity index (χ1) is 4.33. The molecule has 2 nitrogen and oxygen atoms in total. The van der Waals surface area contributed by atoms with Gasteiger partial charge in [0.25, 0.3) is 0 Å². The molecule has 0 aliphatic carbocycles. The van der Waals surface area contributed by atoms with Crippen molar-refractivity contribution in [2.24, 2.45) is 5.92 Å². The summed E-state index contributed by atoms with van der Waals surface area (Å²) >= 11 is 0. The summed E-state index contributed by atoms with van der Waals surface area (Å²) in [4.78, 5) is 0. The Balaban J connectivity index is 2.28. The van der Waals surface area contributed by atoms with Crippen molar-refractivity contribution < 1.29 is 0 Å². The minimum atomic E-state index is 0.265. The number of hydrogen-bond donors (Lipinski definition) is 1. The number of piperidine rings is 1. The SMILES string of the molecule is C[C@@H]1CC[C@@H](C#N)CN1. The summed E-state index contributed by atoms with van der Waals surface area (Å²) in [6, 6.07) is 2.88. The average molecular weight is 124 g/mol. The van der Waals surface area contributed by atoms with Gasteiger partial charge in [-0.05, 0) is 19.8 Å². The van der Waals surface area contributed by atoms with Crippen LogP contribution in [0, 0.1) is 17.2 Å². The lowest BCUT2D eigenvalue weighted by molar-refractivity contribution is 0.372. The molecule has 2 heteroatoms. The number of hydrogen-bond acceptors (Lipinski definition) is 2. The average Bonchev–Trinajstić information content (AvgIpc) is 1.90. The van der Waals surface area contributed by atoms with Crippen LogP contribution in [0.1, 0.15) is 19.8 Å². The maximum atomic E-state index is 8.49. The molecule has 0 amide bonds. The van der Waals surface area contributed by atoms with Crippen LogP contribution < -0.4 is 5.32 Å². The molecule has 0 saturated carbocycles. The van der Waals surface area contributed by atoms with E-state index in [-0.39, 0.29) is 5.92 Å². The van der Waals surface area contributed by atoms with Gasteiger partial charge in [-0.2, -0.15) is 5.26 Å². The predicted molar refractivity (Wildman–Crippen MR) is 35.8 cm³/mol. The minimum absolute atomic E-state index is 0.265. The molecule has 1 aliphatic heterocycles. The van der Waals surface area contributed by atoms with E-state index in [2.05, 4.69) is 18.3 Å². The summed E-state index contributed by atoms with van der Waals surface area (Å²) in [5, 5.41) is 11.7. The molecular formula is C7H12N2. The third-order valence-corrected chi connectivity index (χ3v) is 1.84. The third-order valence-electron chi connectivity index (χ3n) is 1.84. The molecular weight excluding hydrogens is 112 g/mol. The van der Waals surface area contributed by atoms with E-state index in [4.69, 9.17) is 5.26 Å². The third kappa shape index (κ3) is 1.69. The molecule has 0 aromatic rings. The van der Waals surface area contributed by atoms with Crippen molar-refractivity contribution in [2.75, 3.05) is 6.54 Å². The van der Waals surface area contributed by atoms with Crippen molar-refractivity contribution in [1.82, 2.24) is 5.32 Å². The van der Waals surface area contributed by atoms with Gasteiger partial charge in [-0.1, -0.05) is 0 Å². The largest absolute Gasteiger partial charge is 0.313 e. The Morgan fingerprint density at radius 3 is 2.78 bits per heavy atom. The Morgan fingerprint density at radius 2 is 2.33 bits per heavy atom. The van der Waals surface area contributed by atoms with Crippen LogP contribution in [0.3, 0.4) is 0 Å². The molecule has 0 aromatic carbocycles. The fourth-order valence-electron chi connectivity index (χ4n) is 1.11. The van der Waals surface area contributed by atoms with Crippen LogP contribution in [0.5, 0.6) is 0 Å². The van der Waals surface area contributed by atoms with Crippen LogP contribution in [0.2, 0.25) is 0 Å². The lowest BCUT2D eigenvalue weighted by Crippen LogP contribution is -2.36. The van der Waals surface area contributed by atoms with Gasteiger partial charge in [0.05, 0.1) is 12.0 Å². The quantitative estimate of drug-likeness (QED) is 0.520. The van der Waals surface area contributed by atoms with E-state index >= 15 is 0 Å². The summed E-state index contributed by atoms with van der Waals surface area (Å²) < 4.78 is 0. The van der Waals surface area contributed by atoms with Crippen LogP contribution in [-0.2, 0) is 0 Å². The maximum absolute atomic E-state index is 8.49. The highest BCUT2D eigenvalue weighted by Gasteiger charge is 2.15. The molecule has 1 fully saturated rings. The minimum Gasteiger partial charge on any atom is -0.313 e. The van der Waals surface area contributed by atoms with Gasteiger partial charge in [0.2, 0.25) is 0 Å². The van der Waals surface area contributed by atoms with Crippen molar-refractivity contribution in [1.29, 1.82) is 5.26 Å². The van der Waals surface area contributed by atoms with E-state index < -0.39 is 0 Å². The summed E-state index contributed by atoms with van der Waals surface area (Å²) in [6.45, 7) is 3.05. The Morgan fingerprint density at radius 1 is 1.56 bits per heavy atom. The maximum Gasteiger partial charge on any atom is 0.0669 e. The molecule has 50 valence electrons. The van der Waals surface area contributed by atoms with Crippen molar-refractivity contribution >= 4 is 0 Å². The number of nitrogens with one attached hydrogen (secondary N) is 1. The summed E-state index contributed by atoms with van der Waals surface area (Å²) in [5.74, 6) is 0.265.